The number of carboxylic acid groups (broad SMARTS) is 1. The van der Waals surface area contributed by atoms with Gasteiger partial charge in [-0.3, -0.25) is 0 Å². The zero-order chi connectivity index (χ0) is 19.1. The number of rotatable bonds is 5. The first-order valence-electron chi connectivity index (χ1n) is 8.16. The number of benzene rings is 2. The van der Waals surface area contributed by atoms with E-state index >= 15 is 0 Å². The molecule has 3 rings (SSSR count). The molecule has 0 spiro atoms. The van der Waals surface area contributed by atoms with Crippen molar-refractivity contribution < 1.29 is 14.6 Å². The minimum atomic E-state index is -1.10. The van der Waals surface area contributed by atoms with Gasteiger partial charge in [-0.2, -0.15) is 0 Å². The lowest BCUT2D eigenvalue weighted by Gasteiger charge is -2.28. The molecule has 1 unspecified atom stereocenters. The molecule has 0 saturated carbocycles. The lowest BCUT2D eigenvalue weighted by molar-refractivity contribution is 0.0702. The van der Waals surface area contributed by atoms with Crippen LogP contribution in [0.2, 0.25) is 5.02 Å². The van der Waals surface area contributed by atoms with E-state index < -0.39 is 11.0 Å². The summed E-state index contributed by atoms with van der Waals surface area (Å²) in [5.41, 5.74) is 2.60. The fourth-order valence-corrected chi connectivity index (χ4v) is 4.42. The van der Waals surface area contributed by atoms with Gasteiger partial charge in [0.1, 0.15) is 10.6 Å². The van der Waals surface area contributed by atoms with Crippen molar-refractivity contribution >= 4 is 50.6 Å². The number of aryl methyl sites for hydroxylation is 2. The Balaban J connectivity index is 2.10. The molecule has 26 heavy (non-hydrogen) atoms. The van der Waals surface area contributed by atoms with Crippen LogP contribution >= 0.6 is 34.5 Å². The number of halogens is 2. The summed E-state index contributed by atoms with van der Waals surface area (Å²) in [6.45, 7) is 5.78. The predicted molar refractivity (Wildman–Crippen MR) is 108 cm³/mol. The number of hydrogen-bond donors (Lipinski definition) is 1. The van der Waals surface area contributed by atoms with Crippen LogP contribution in [0, 0.1) is 13.8 Å². The average molecular weight is 409 g/mol. The first-order valence-corrected chi connectivity index (χ1v) is 9.73. The largest absolute Gasteiger partial charge is 0.477 e. The lowest BCUT2D eigenvalue weighted by atomic mass is 10.0. The number of carbonyl (C=O) groups is 1. The first-order chi connectivity index (χ1) is 12.2. The number of hydrogen-bond acceptors (Lipinski definition) is 3. The molecule has 1 aromatic heterocycles. The number of ether oxygens (including phenoxy) is 1. The highest BCUT2D eigenvalue weighted by Gasteiger charge is 2.33. The van der Waals surface area contributed by atoms with Gasteiger partial charge in [0.05, 0.1) is 0 Å². The summed E-state index contributed by atoms with van der Waals surface area (Å²) in [6.07, 6.45) is 0.509. The molecule has 0 aliphatic carbocycles. The van der Waals surface area contributed by atoms with Crippen LogP contribution in [0.4, 0.5) is 0 Å². The van der Waals surface area contributed by atoms with Crippen molar-refractivity contribution in [2.75, 3.05) is 0 Å². The molecular formula is C20H18Cl2O3S. The molecule has 0 amide bonds. The predicted octanol–water partition coefficient (Wildman–Crippen LogP) is 6.75. The van der Waals surface area contributed by atoms with Crippen molar-refractivity contribution in [3.05, 3.63) is 63.0 Å². The second-order valence-electron chi connectivity index (χ2n) is 6.19. The van der Waals surface area contributed by atoms with E-state index in [0.29, 0.717) is 17.2 Å². The lowest BCUT2D eigenvalue weighted by Crippen LogP contribution is -2.25. The Hall–Kier alpha value is -1.75. The van der Waals surface area contributed by atoms with E-state index in [0.717, 1.165) is 26.8 Å². The van der Waals surface area contributed by atoms with E-state index in [2.05, 4.69) is 0 Å². The fraction of sp³-hybridized carbons (Fsp3) is 0.250. The normalized spacial score (nSPS) is 13.6. The summed E-state index contributed by atoms with van der Waals surface area (Å²) in [5.74, 6) is -0.313. The zero-order valence-electron chi connectivity index (χ0n) is 14.6. The number of fused-ring (bicyclic) bond motifs is 1. The van der Waals surface area contributed by atoms with Gasteiger partial charge in [0.25, 0.3) is 0 Å². The summed E-state index contributed by atoms with van der Waals surface area (Å²) in [5, 5.41) is 9.74. The van der Waals surface area contributed by atoms with E-state index in [4.69, 9.17) is 27.9 Å². The molecule has 1 heterocycles. The van der Waals surface area contributed by atoms with E-state index in [-0.39, 0.29) is 4.88 Å². The highest BCUT2D eigenvalue weighted by Crippen LogP contribution is 2.42. The third-order valence-corrected chi connectivity index (χ3v) is 6.62. The molecule has 3 aromatic rings. The topological polar surface area (TPSA) is 46.5 Å². The van der Waals surface area contributed by atoms with Crippen molar-refractivity contribution in [2.24, 2.45) is 0 Å². The molecule has 0 aliphatic rings. The smallest absolute Gasteiger partial charge is 0.345 e. The van der Waals surface area contributed by atoms with Crippen LogP contribution < -0.4 is 4.74 Å². The number of aromatic carboxylic acids is 1. The Morgan fingerprint density at radius 1 is 1.23 bits per heavy atom. The van der Waals surface area contributed by atoms with Gasteiger partial charge in [-0.05, 0) is 48.6 Å². The highest BCUT2D eigenvalue weighted by molar-refractivity contribution is 7.21. The Kier molecular flexibility index (Phi) is 5.20. The second-order valence-corrected chi connectivity index (χ2v) is 8.24. The van der Waals surface area contributed by atoms with E-state index in [1.807, 2.05) is 51.1 Å². The molecule has 1 N–H and O–H groups in total. The van der Waals surface area contributed by atoms with E-state index in [1.165, 1.54) is 11.3 Å². The summed E-state index contributed by atoms with van der Waals surface area (Å²) in [4.78, 5) is 11.6. The molecule has 0 saturated heterocycles. The Morgan fingerprint density at radius 3 is 2.46 bits per heavy atom. The van der Waals surface area contributed by atoms with Gasteiger partial charge in [0.2, 0.25) is 5.06 Å². The monoisotopic (exact) mass is 408 g/mol. The van der Waals surface area contributed by atoms with Crippen LogP contribution in [0.1, 0.15) is 39.7 Å². The standard InChI is InChI=1S/C20H18Cl2O3S/c1-4-20(22,25-14-8-11(2)17(21)12(3)9-14)15-7-5-6-13-10-16(19(23)24)26-18(13)15/h5-10H,4H2,1-3H3,(H,23,24). The third kappa shape index (κ3) is 3.41. The summed E-state index contributed by atoms with van der Waals surface area (Å²) in [7, 11) is 0. The Morgan fingerprint density at radius 2 is 1.88 bits per heavy atom. The molecular weight excluding hydrogens is 391 g/mol. The second kappa shape index (κ2) is 7.10. The maximum absolute atomic E-state index is 11.3. The van der Waals surface area contributed by atoms with Crippen LogP contribution in [0.5, 0.6) is 5.75 Å². The molecule has 136 valence electrons. The Labute approximate surface area is 166 Å². The van der Waals surface area contributed by atoms with Gasteiger partial charge in [-0.25, -0.2) is 4.79 Å². The summed E-state index contributed by atoms with van der Waals surface area (Å²) in [6, 6.07) is 11.0. The van der Waals surface area contributed by atoms with Crippen LogP contribution in [0.15, 0.2) is 36.4 Å². The van der Waals surface area contributed by atoms with Crippen molar-refractivity contribution in [3.8, 4) is 5.75 Å². The molecule has 0 bridgehead atoms. The van der Waals surface area contributed by atoms with Crippen molar-refractivity contribution in [2.45, 2.75) is 32.3 Å². The maximum atomic E-state index is 11.3. The van der Waals surface area contributed by atoms with Gasteiger partial charge in [-0.15, -0.1) is 11.3 Å². The van der Waals surface area contributed by atoms with Crippen LogP contribution in [-0.4, -0.2) is 11.1 Å². The third-order valence-electron chi connectivity index (χ3n) is 4.30. The first kappa shape index (κ1) is 19.0. The maximum Gasteiger partial charge on any atom is 0.345 e. The van der Waals surface area contributed by atoms with E-state index in [1.54, 1.807) is 6.07 Å². The van der Waals surface area contributed by atoms with Gasteiger partial charge >= 0.3 is 5.97 Å². The zero-order valence-corrected chi connectivity index (χ0v) is 16.9. The minimum absolute atomic E-state index is 0.278. The molecule has 2 aromatic carbocycles. The van der Waals surface area contributed by atoms with Gasteiger partial charge < -0.3 is 9.84 Å². The van der Waals surface area contributed by atoms with Crippen LogP contribution in [0.25, 0.3) is 10.1 Å². The molecule has 3 nitrogen and oxygen atoms in total. The fourth-order valence-electron chi connectivity index (χ4n) is 2.93. The van der Waals surface area contributed by atoms with Crippen molar-refractivity contribution in [1.82, 2.24) is 0 Å². The number of carboxylic acids is 1. The van der Waals surface area contributed by atoms with Gasteiger partial charge in [-0.1, -0.05) is 48.3 Å². The van der Waals surface area contributed by atoms with Gasteiger partial charge in [0.15, 0.2) is 0 Å². The Bertz CT molecular complexity index is 973. The molecule has 0 radical (unpaired) electrons. The number of thiophene rings is 1. The SMILES string of the molecule is CCC(Cl)(Oc1cc(C)c(Cl)c(C)c1)c1cccc2cc(C(=O)O)sc12. The summed E-state index contributed by atoms with van der Waals surface area (Å²) >= 11 is 14.3. The molecule has 0 aliphatic heterocycles. The number of alkyl halides is 1. The van der Waals surface area contributed by atoms with Gasteiger partial charge in [0, 0.05) is 21.7 Å². The van der Waals surface area contributed by atoms with Crippen molar-refractivity contribution in [1.29, 1.82) is 0 Å². The summed E-state index contributed by atoms with van der Waals surface area (Å²) < 4.78 is 7.02. The molecule has 1 atom stereocenters. The minimum Gasteiger partial charge on any atom is -0.477 e. The van der Waals surface area contributed by atoms with Crippen molar-refractivity contribution in [3.63, 3.8) is 0 Å². The van der Waals surface area contributed by atoms with Crippen LogP contribution in [0.3, 0.4) is 0 Å². The average Bonchev–Trinajstić information content (AvgIpc) is 3.04. The molecule has 0 fully saturated rings. The van der Waals surface area contributed by atoms with Crippen LogP contribution in [-0.2, 0) is 5.06 Å². The molecule has 6 heteroatoms. The highest BCUT2D eigenvalue weighted by atomic mass is 35.5. The quantitative estimate of drug-likeness (QED) is 0.474. The van der Waals surface area contributed by atoms with E-state index in [9.17, 15) is 9.90 Å².